The maximum Gasteiger partial charge on any atom is 0.186 e. The van der Waals surface area contributed by atoms with E-state index >= 15 is 0 Å². The van der Waals surface area contributed by atoms with E-state index in [2.05, 4.69) is 26.5 Å². The van der Waals surface area contributed by atoms with E-state index in [0.29, 0.717) is 12.8 Å². The van der Waals surface area contributed by atoms with Crippen LogP contribution < -0.4 is 0 Å². The summed E-state index contributed by atoms with van der Waals surface area (Å²) in [6, 6.07) is 0. The minimum atomic E-state index is -1.70. The zero-order valence-corrected chi connectivity index (χ0v) is 26.3. The molecule has 0 radical (unpaired) electrons. The average molecular weight is 645 g/mol. The smallest absolute Gasteiger partial charge is 0.186 e. The van der Waals surface area contributed by atoms with Crippen LogP contribution in [0.1, 0.15) is 52.9 Å². The number of hydrogen-bond donors (Lipinski definition) is 9. The second kappa shape index (κ2) is 13.1. The van der Waals surface area contributed by atoms with Crippen molar-refractivity contribution in [1.82, 2.24) is 0 Å². The molecule has 0 aromatic carbocycles. The summed E-state index contributed by atoms with van der Waals surface area (Å²) < 4.78 is 22.7. The zero-order chi connectivity index (χ0) is 33.1. The van der Waals surface area contributed by atoms with Gasteiger partial charge >= 0.3 is 0 Å². The van der Waals surface area contributed by atoms with Gasteiger partial charge in [0.15, 0.2) is 12.6 Å². The monoisotopic (exact) mass is 644 g/mol. The van der Waals surface area contributed by atoms with E-state index in [4.69, 9.17) is 18.9 Å². The van der Waals surface area contributed by atoms with E-state index in [1.165, 1.54) is 5.57 Å². The summed E-state index contributed by atoms with van der Waals surface area (Å²) >= 11 is 0. The SMILES string of the molecule is C=C[C@@]1(C)CC[C@H]2C(=CC[C@@H]3[C@]2(C)C[C@@H](O)[C@H](O)[C@]3(C)CO[C@H]2O[C@H](CO[C@@H]3O[C@H](CO)[C@@H](O)[C@@H](O)[C@@H]3O)[C@@H](O)[C@H](O)[C@H]2O)C1. The number of aliphatic hydroxyl groups is 9. The average Bonchev–Trinajstić information content (AvgIpc) is 3.01. The fraction of sp³-hybridized carbons (Fsp3) is 0.875. The highest BCUT2D eigenvalue weighted by Gasteiger charge is 2.61. The van der Waals surface area contributed by atoms with Gasteiger partial charge in [-0.15, -0.1) is 6.58 Å². The van der Waals surface area contributed by atoms with E-state index in [9.17, 15) is 46.0 Å². The van der Waals surface area contributed by atoms with Crippen LogP contribution in [0.2, 0.25) is 0 Å². The summed E-state index contributed by atoms with van der Waals surface area (Å²) in [6.07, 6.45) is -9.25. The number of fused-ring (bicyclic) bond motifs is 3. The standard InChI is InChI=1S/C32H52O13/c1-5-30(2)9-8-16-15(10-30)6-7-20-31(16,3)11-17(34)27(41)32(20,4)14-43-29-26(40)24(38)22(36)19(45-29)13-42-28-25(39)23(37)21(35)18(12-33)44-28/h5-6,16-29,33-41H,1,7-14H2,2-4H3/t16-,17+,18+,19+,20+,21+,22+,23+,24-,25-,26+,27-,28+,29-,30-,31+,32+/m0/s1. The van der Waals surface area contributed by atoms with Gasteiger partial charge in [-0.05, 0) is 54.8 Å². The Morgan fingerprint density at radius 3 is 2.09 bits per heavy atom. The fourth-order valence-electron chi connectivity index (χ4n) is 8.81. The Morgan fingerprint density at radius 1 is 0.867 bits per heavy atom. The molecule has 2 heterocycles. The van der Waals surface area contributed by atoms with Crippen molar-refractivity contribution in [2.24, 2.45) is 28.1 Å². The molecule has 13 heteroatoms. The van der Waals surface area contributed by atoms with E-state index < -0.39 is 92.2 Å². The molecule has 2 aliphatic heterocycles. The maximum absolute atomic E-state index is 11.4. The minimum absolute atomic E-state index is 0.0215. The number of rotatable bonds is 8. The van der Waals surface area contributed by atoms with Crippen molar-refractivity contribution in [3.63, 3.8) is 0 Å². The molecule has 0 aromatic heterocycles. The molecule has 258 valence electrons. The molecule has 0 amide bonds. The van der Waals surface area contributed by atoms with Gasteiger partial charge in [0, 0.05) is 5.41 Å². The van der Waals surface area contributed by atoms with Crippen LogP contribution in [0, 0.1) is 28.1 Å². The second-order valence-corrected chi connectivity index (χ2v) is 14.8. The Morgan fingerprint density at radius 2 is 1.47 bits per heavy atom. The highest BCUT2D eigenvalue weighted by Crippen LogP contribution is 2.63. The van der Waals surface area contributed by atoms with Gasteiger partial charge < -0.3 is 64.9 Å². The summed E-state index contributed by atoms with van der Waals surface area (Å²) in [5.74, 6) is 0.148. The number of aliphatic hydroxyl groups excluding tert-OH is 9. The van der Waals surface area contributed by atoms with Crippen LogP contribution in [0.4, 0.5) is 0 Å². The van der Waals surface area contributed by atoms with E-state index in [1.807, 2.05) is 13.0 Å². The Hall–Kier alpha value is -1.04. The lowest BCUT2D eigenvalue weighted by atomic mass is 9.44. The lowest BCUT2D eigenvalue weighted by Crippen LogP contribution is -2.64. The molecule has 45 heavy (non-hydrogen) atoms. The molecule has 2 saturated heterocycles. The second-order valence-electron chi connectivity index (χ2n) is 14.8. The molecule has 4 fully saturated rings. The van der Waals surface area contributed by atoms with Crippen LogP contribution in [0.25, 0.3) is 0 Å². The maximum atomic E-state index is 11.4. The Kier molecular flexibility index (Phi) is 10.3. The number of ether oxygens (including phenoxy) is 4. The number of hydrogen-bond acceptors (Lipinski definition) is 13. The molecule has 9 N–H and O–H groups in total. The zero-order valence-electron chi connectivity index (χ0n) is 26.3. The third-order valence-electron chi connectivity index (χ3n) is 11.7. The number of allylic oxidation sites excluding steroid dienone is 3. The molecular formula is C32H52O13. The highest BCUT2D eigenvalue weighted by molar-refractivity contribution is 5.26. The van der Waals surface area contributed by atoms with Crippen molar-refractivity contribution in [3.8, 4) is 0 Å². The van der Waals surface area contributed by atoms with Gasteiger partial charge in [-0.2, -0.15) is 0 Å². The molecule has 0 bridgehead atoms. The van der Waals surface area contributed by atoms with Crippen molar-refractivity contribution < 1.29 is 64.9 Å². The predicted octanol–water partition coefficient (Wildman–Crippen LogP) is -1.30. The van der Waals surface area contributed by atoms with Gasteiger partial charge in [-0.1, -0.05) is 38.5 Å². The van der Waals surface area contributed by atoms with Gasteiger partial charge in [-0.25, -0.2) is 0 Å². The third-order valence-corrected chi connectivity index (χ3v) is 11.7. The molecule has 13 nitrogen and oxygen atoms in total. The third kappa shape index (κ3) is 6.18. The van der Waals surface area contributed by atoms with Crippen molar-refractivity contribution >= 4 is 0 Å². The van der Waals surface area contributed by atoms with Crippen molar-refractivity contribution in [2.75, 3.05) is 19.8 Å². The fourth-order valence-corrected chi connectivity index (χ4v) is 8.81. The summed E-state index contributed by atoms with van der Waals surface area (Å²) in [4.78, 5) is 0. The molecule has 17 atom stereocenters. The molecule has 0 unspecified atom stereocenters. The summed E-state index contributed by atoms with van der Waals surface area (Å²) in [5.41, 5.74) is 0.0975. The summed E-state index contributed by atoms with van der Waals surface area (Å²) in [6.45, 7) is 9.03. The van der Waals surface area contributed by atoms with Crippen molar-refractivity contribution in [1.29, 1.82) is 0 Å². The van der Waals surface area contributed by atoms with Gasteiger partial charge in [0.2, 0.25) is 0 Å². The first kappa shape index (κ1) is 35.3. The van der Waals surface area contributed by atoms with Gasteiger partial charge in [0.25, 0.3) is 0 Å². The molecule has 0 aromatic rings. The van der Waals surface area contributed by atoms with E-state index in [1.54, 1.807) is 0 Å². The summed E-state index contributed by atoms with van der Waals surface area (Å²) in [5, 5.41) is 94.3. The van der Waals surface area contributed by atoms with Crippen molar-refractivity contribution in [2.45, 2.75) is 126 Å². The topological polar surface area (TPSA) is 219 Å². The largest absolute Gasteiger partial charge is 0.394 e. The van der Waals surface area contributed by atoms with E-state index in [-0.39, 0.29) is 29.3 Å². The lowest BCUT2D eigenvalue weighted by molar-refractivity contribution is -0.336. The van der Waals surface area contributed by atoms with Gasteiger partial charge in [0.1, 0.15) is 48.8 Å². The van der Waals surface area contributed by atoms with Crippen LogP contribution in [0.5, 0.6) is 0 Å². The predicted molar refractivity (Wildman–Crippen MR) is 157 cm³/mol. The van der Waals surface area contributed by atoms with Crippen LogP contribution in [-0.2, 0) is 18.9 Å². The minimum Gasteiger partial charge on any atom is -0.394 e. The van der Waals surface area contributed by atoms with E-state index in [0.717, 1.165) is 19.3 Å². The first-order valence-corrected chi connectivity index (χ1v) is 16.0. The molecule has 5 aliphatic rings. The van der Waals surface area contributed by atoms with Gasteiger partial charge in [0.05, 0.1) is 32.0 Å². The summed E-state index contributed by atoms with van der Waals surface area (Å²) in [7, 11) is 0. The lowest BCUT2D eigenvalue weighted by Gasteiger charge is -2.62. The molecular weight excluding hydrogens is 592 g/mol. The first-order valence-electron chi connectivity index (χ1n) is 16.0. The normalized spacial score (nSPS) is 53.6. The quantitative estimate of drug-likeness (QED) is 0.141. The van der Waals surface area contributed by atoms with Crippen LogP contribution in [-0.4, -0.2) is 139 Å². The molecule has 3 aliphatic carbocycles. The Bertz CT molecular complexity index is 1090. The van der Waals surface area contributed by atoms with Gasteiger partial charge in [-0.3, -0.25) is 0 Å². The first-order chi connectivity index (χ1) is 21.1. The molecule has 2 saturated carbocycles. The van der Waals surface area contributed by atoms with Crippen LogP contribution >= 0.6 is 0 Å². The van der Waals surface area contributed by atoms with Crippen LogP contribution in [0.3, 0.4) is 0 Å². The van der Waals surface area contributed by atoms with Crippen LogP contribution in [0.15, 0.2) is 24.3 Å². The Labute approximate surface area is 263 Å². The molecule has 0 spiro atoms. The van der Waals surface area contributed by atoms with Crippen molar-refractivity contribution in [3.05, 3.63) is 24.3 Å². The molecule has 5 rings (SSSR count). The highest BCUT2D eigenvalue weighted by atomic mass is 16.7. The Balaban J connectivity index is 1.29.